The van der Waals surface area contributed by atoms with Crippen molar-refractivity contribution in [1.29, 1.82) is 0 Å². The summed E-state index contributed by atoms with van der Waals surface area (Å²) >= 11 is 5.96. The van der Waals surface area contributed by atoms with E-state index < -0.39 is 11.9 Å². The molecule has 0 bridgehead atoms. The third kappa shape index (κ3) is 4.03. The lowest BCUT2D eigenvalue weighted by Crippen LogP contribution is -2.47. The summed E-state index contributed by atoms with van der Waals surface area (Å²) in [7, 11) is 3.32. The van der Waals surface area contributed by atoms with E-state index in [0.29, 0.717) is 22.5 Å². The number of aromatic nitrogens is 2. The molecule has 0 aliphatic carbocycles. The fourth-order valence-corrected chi connectivity index (χ4v) is 2.85. The summed E-state index contributed by atoms with van der Waals surface area (Å²) in [6.45, 7) is 0. The van der Waals surface area contributed by atoms with Crippen molar-refractivity contribution in [2.75, 3.05) is 14.1 Å². The lowest BCUT2D eigenvalue weighted by Gasteiger charge is -2.21. The number of aromatic amines is 1. The average Bonchev–Trinajstić information content (AvgIpc) is 3.04. The van der Waals surface area contributed by atoms with E-state index in [2.05, 4.69) is 15.3 Å². The van der Waals surface area contributed by atoms with Crippen LogP contribution in [0, 0.1) is 0 Å². The van der Waals surface area contributed by atoms with Crippen LogP contribution in [0.15, 0.2) is 48.5 Å². The number of amides is 2. The predicted octanol–water partition coefficient (Wildman–Crippen LogP) is 2.65. The first-order valence-electron chi connectivity index (χ1n) is 8.15. The first-order chi connectivity index (χ1) is 12.4. The molecule has 6 nitrogen and oxygen atoms in total. The Hall–Kier alpha value is -2.86. The Labute approximate surface area is 156 Å². The molecule has 0 radical (unpaired) electrons. The lowest BCUT2D eigenvalue weighted by molar-refractivity contribution is -0.130. The molecule has 0 aliphatic rings. The molecule has 26 heavy (non-hydrogen) atoms. The third-order valence-corrected chi connectivity index (χ3v) is 4.22. The Kier molecular flexibility index (Phi) is 5.23. The Morgan fingerprint density at radius 3 is 2.62 bits per heavy atom. The molecule has 7 heteroatoms. The summed E-state index contributed by atoms with van der Waals surface area (Å²) in [6, 6.07) is 14.0. The average molecular weight is 371 g/mol. The molecule has 0 saturated heterocycles. The van der Waals surface area contributed by atoms with Gasteiger partial charge in [0.15, 0.2) is 5.82 Å². The van der Waals surface area contributed by atoms with Gasteiger partial charge in [0.2, 0.25) is 5.91 Å². The number of H-pyrrole nitrogens is 1. The molecule has 2 amide bonds. The SMILES string of the molecule is CN(C)C(=O)C(Cc1ccccc1)NC(=O)c1nc2ccc(Cl)cc2[nH]1. The molecular weight excluding hydrogens is 352 g/mol. The van der Waals surface area contributed by atoms with E-state index in [1.54, 1.807) is 32.3 Å². The van der Waals surface area contributed by atoms with E-state index in [9.17, 15) is 9.59 Å². The van der Waals surface area contributed by atoms with Crippen molar-refractivity contribution in [2.45, 2.75) is 12.5 Å². The van der Waals surface area contributed by atoms with Gasteiger partial charge in [-0.3, -0.25) is 9.59 Å². The van der Waals surface area contributed by atoms with Gasteiger partial charge in [-0.05, 0) is 23.8 Å². The lowest BCUT2D eigenvalue weighted by atomic mass is 10.0. The van der Waals surface area contributed by atoms with E-state index in [4.69, 9.17) is 11.6 Å². The molecule has 1 aromatic heterocycles. The molecule has 1 heterocycles. The van der Waals surface area contributed by atoms with Crippen molar-refractivity contribution in [3.63, 3.8) is 0 Å². The van der Waals surface area contributed by atoms with E-state index in [1.807, 2.05) is 30.3 Å². The maximum Gasteiger partial charge on any atom is 0.287 e. The number of halogens is 1. The molecule has 1 unspecified atom stereocenters. The van der Waals surface area contributed by atoms with Gasteiger partial charge >= 0.3 is 0 Å². The zero-order valence-electron chi connectivity index (χ0n) is 14.5. The molecule has 134 valence electrons. The molecule has 2 N–H and O–H groups in total. The minimum atomic E-state index is -0.684. The molecule has 3 rings (SSSR count). The normalized spacial score (nSPS) is 12.0. The predicted molar refractivity (Wildman–Crippen MR) is 101 cm³/mol. The summed E-state index contributed by atoms with van der Waals surface area (Å²) in [5.41, 5.74) is 2.27. The maximum atomic E-state index is 12.6. The van der Waals surface area contributed by atoms with Crippen molar-refractivity contribution >= 4 is 34.4 Å². The fraction of sp³-hybridized carbons (Fsp3) is 0.211. The monoisotopic (exact) mass is 370 g/mol. The number of carbonyl (C=O) groups excluding carboxylic acids is 2. The molecule has 2 aromatic carbocycles. The number of carbonyl (C=O) groups is 2. The summed E-state index contributed by atoms with van der Waals surface area (Å²) in [4.78, 5) is 33.8. The standard InChI is InChI=1S/C19H19ClN4O2/c1-24(2)19(26)16(10-12-6-4-3-5-7-12)23-18(25)17-21-14-9-8-13(20)11-15(14)22-17/h3-9,11,16H,10H2,1-2H3,(H,21,22)(H,23,25). The Balaban J connectivity index is 1.82. The number of hydrogen-bond donors (Lipinski definition) is 2. The third-order valence-electron chi connectivity index (χ3n) is 3.99. The van der Waals surface area contributed by atoms with Gasteiger partial charge in [-0.1, -0.05) is 41.9 Å². The molecule has 0 aliphatic heterocycles. The number of benzene rings is 2. The summed E-state index contributed by atoms with van der Waals surface area (Å²) in [5.74, 6) is -0.471. The fourth-order valence-electron chi connectivity index (χ4n) is 2.68. The van der Waals surface area contributed by atoms with Crippen LogP contribution in [0.5, 0.6) is 0 Å². The first kappa shape index (κ1) is 17.9. The zero-order chi connectivity index (χ0) is 18.7. The van der Waals surface area contributed by atoms with Gasteiger partial charge in [0, 0.05) is 25.5 Å². The second-order valence-corrected chi connectivity index (χ2v) is 6.63. The Morgan fingerprint density at radius 1 is 1.19 bits per heavy atom. The van der Waals surface area contributed by atoms with E-state index in [0.717, 1.165) is 5.56 Å². The summed E-state index contributed by atoms with van der Waals surface area (Å²) in [6.07, 6.45) is 0.398. The van der Waals surface area contributed by atoms with Gasteiger partial charge in [0.1, 0.15) is 6.04 Å². The topological polar surface area (TPSA) is 78.1 Å². The zero-order valence-corrected chi connectivity index (χ0v) is 15.2. The molecule has 0 saturated carbocycles. The number of nitrogens with one attached hydrogen (secondary N) is 2. The molecule has 1 atom stereocenters. The van der Waals surface area contributed by atoms with Crippen LogP contribution >= 0.6 is 11.6 Å². The van der Waals surface area contributed by atoms with Crippen LogP contribution in [-0.4, -0.2) is 46.8 Å². The summed E-state index contributed by atoms with van der Waals surface area (Å²) in [5, 5.41) is 3.34. The van der Waals surface area contributed by atoms with Gasteiger partial charge < -0.3 is 15.2 Å². The van der Waals surface area contributed by atoms with Gasteiger partial charge in [0.05, 0.1) is 11.0 Å². The van der Waals surface area contributed by atoms with Crippen molar-refractivity contribution in [1.82, 2.24) is 20.2 Å². The van der Waals surface area contributed by atoms with Crippen LogP contribution in [-0.2, 0) is 11.2 Å². The van der Waals surface area contributed by atoms with Crippen LogP contribution in [0.2, 0.25) is 5.02 Å². The van der Waals surface area contributed by atoms with Gasteiger partial charge in [-0.25, -0.2) is 4.98 Å². The quantitative estimate of drug-likeness (QED) is 0.724. The van der Waals surface area contributed by atoms with E-state index in [-0.39, 0.29) is 11.7 Å². The highest BCUT2D eigenvalue weighted by molar-refractivity contribution is 6.31. The minimum absolute atomic E-state index is 0.145. The number of rotatable bonds is 5. The minimum Gasteiger partial charge on any atom is -0.347 e. The van der Waals surface area contributed by atoms with E-state index in [1.165, 1.54) is 4.90 Å². The molecular formula is C19H19ClN4O2. The van der Waals surface area contributed by atoms with Crippen LogP contribution < -0.4 is 5.32 Å². The Morgan fingerprint density at radius 2 is 1.92 bits per heavy atom. The van der Waals surface area contributed by atoms with Gasteiger partial charge in [-0.2, -0.15) is 0 Å². The highest BCUT2D eigenvalue weighted by Crippen LogP contribution is 2.17. The Bertz CT molecular complexity index is 937. The second-order valence-electron chi connectivity index (χ2n) is 6.20. The maximum absolute atomic E-state index is 12.6. The van der Waals surface area contributed by atoms with E-state index >= 15 is 0 Å². The van der Waals surface area contributed by atoms with Crippen molar-refractivity contribution in [2.24, 2.45) is 0 Å². The second kappa shape index (κ2) is 7.58. The highest BCUT2D eigenvalue weighted by Gasteiger charge is 2.24. The first-order valence-corrected chi connectivity index (χ1v) is 8.53. The number of likely N-dealkylation sites (N-methyl/N-ethyl adjacent to an activating group) is 1. The largest absolute Gasteiger partial charge is 0.347 e. The number of fused-ring (bicyclic) bond motifs is 1. The van der Waals surface area contributed by atoms with Crippen LogP contribution in [0.25, 0.3) is 11.0 Å². The van der Waals surface area contributed by atoms with Crippen molar-refractivity contribution in [3.05, 3.63) is 64.9 Å². The molecule has 0 spiro atoms. The van der Waals surface area contributed by atoms with Crippen LogP contribution in [0.4, 0.5) is 0 Å². The number of imidazole rings is 1. The molecule has 3 aromatic rings. The van der Waals surface area contributed by atoms with Crippen LogP contribution in [0.1, 0.15) is 16.2 Å². The number of nitrogens with zero attached hydrogens (tertiary/aromatic N) is 2. The number of hydrogen-bond acceptors (Lipinski definition) is 3. The van der Waals surface area contributed by atoms with Crippen molar-refractivity contribution < 1.29 is 9.59 Å². The summed E-state index contributed by atoms with van der Waals surface area (Å²) < 4.78 is 0. The molecule has 0 fully saturated rings. The van der Waals surface area contributed by atoms with Gasteiger partial charge in [-0.15, -0.1) is 0 Å². The van der Waals surface area contributed by atoms with Crippen molar-refractivity contribution in [3.8, 4) is 0 Å². The highest BCUT2D eigenvalue weighted by atomic mass is 35.5. The van der Waals surface area contributed by atoms with Gasteiger partial charge in [0.25, 0.3) is 5.91 Å². The van der Waals surface area contributed by atoms with Crippen LogP contribution in [0.3, 0.4) is 0 Å². The smallest absolute Gasteiger partial charge is 0.287 e.